The topological polar surface area (TPSA) is 23.4 Å². The minimum Gasteiger partial charge on any atom is -0.494 e. The van der Waals surface area contributed by atoms with Crippen LogP contribution >= 0.6 is 11.8 Å². The summed E-state index contributed by atoms with van der Waals surface area (Å²) in [7, 11) is 0. The molecule has 0 radical (unpaired) electrons. The van der Waals surface area contributed by atoms with Gasteiger partial charge < -0.3 is 14.0 Å². The summed E-state index contributed by atoms with van der Waals surface area (Å²) >= 11 is 1.76. The summed E-state index contributed by atoms with van der Waals surface area (Å²) in [5.41, 5.74) is 3.70. The molecule has 0 atom stereocenters. The SMILES string of the molecule is CCOc1ccc(OCCn2c(C)ccc2-c2ccc(SC)cc2)cc1. The fraction of sp³-hybridized carbons (Fsp3) is 0.273. The molecular formula is C22H25NO2S. The number of nitrogens with zero attached hydrogens (tertiary/aromatic N) is 1. The van der Waals surface area contributed by atoms with Crippen molar-refractivity contribution in [1.82, 2.24) is 4.57 Å². The molecule has 26 heavy (non-hydrogen) atoms. The van der Waals surface area contributed by atoms with Crippen molar-refractivity contribution in [2.45, 2.75) is 25.3 Å². The second-order valence-electron chi connectivity index (χ2n) is 5.99. The first-order valence-corrected chi connectivity index (χ1v) is 10.1. The third kappa shape index (κ3) is 4.44. The molecule has 1 aromatic heterocycles. The van der Waals surface area contributed by atoms with Gasteiger partial charge in [-0.2, -0.15) is 0 Å². The van der Waals surface area contributed by atoms with Crippen LogP contribution in [-0.4, -0.2) is 24.0 Å². The fourth-order valence-electron chi connectivity index (χ4n) is 2.93. The molecule has 0 fully saturated rings. The molecule has 0 aliphatic carbocycles. The highest BCUT2D eigenvalue weighted by Gasteiger charge is 2.08. The molecule has 1 heterocycles. The van der Waals surface area contributed by atoms with Gasteiger partial charge in [-0.3, -0.25) is 0 Å². The molecule has 0 N–H and O–H groups in total. The number of rotatable bonds is 8. The summed E-state index contributed by atoms with van der Waals surface area (Å²) in [5, 5.41) is 0. The van der Waals surface area contributed by atoms with E-state index in [1.54, 1.807) is 11.8 Å². The predicted octanol–water partition coefficient (Wildman–Crippen LogP) is 5.66. The van der Waals surface area contributed by atoms with Crippen LogP contribution in [0.2, 0.25) is 0 Å². The second-order valence-corrected chi connectivity index (χ2v) is 6.87. The highest BCUT2D eigenvalue weighted by Crippen LogP contribution is 2.25. The van der Waals surface area contributed by atoms with Crippen molar-refractivity contribution in [1.29, 1.82) is 0 Å². The lowest BCUT2D eigenvalue weighted by molar-refractivity contribution is 0.296. The van der Waals surface area contributed by atoms with Gasteiger partial charge in [0.05, 0.1) is 13.2 Å². The molecule has 3 aromatic rings. The summed E-state index contributed by atoms with van der Waals surface area (Å²) in [6.45, 7) is 6.23. The predicted molar refractivity (Wildman–Crippen MR) is 109 cm³/mol. The van der Waals surface area contributed by atoms with Crippen LogP contribution < -0.4 is 9.47 Å². The fourth-order valence-corrected chi connectivity index (χ4v) is 3.34. The maximum absolute atomic E-state index is 5.92. The van der Waals surface area contributed by atoms with Crippen molar-refractivity contribution >= 4 is 11.8 Å². The molecule has 0 amide bonds. The van der Waals surface area contributed by atoms with Crippen LogP contribution in [0.3, 0.4) is 0 Å². The van der Waals surface area contributed by atoms with Crippen molar-refractivity contribution in [3.05, 3.63) is 66.4 Å². The number of benzene rings is 2. The Morgan fingerprint density at radius 2 is 1.50 bits per heavy atom. The summed E-state index contributed by atoms with van der Waals surface area (Å²) in [6, 6.07) is 20.8. The molecule has 0 unspecified atom stereocenters. The quantitative estimate of drug-likeness (QED) is 0.480. The van der Waals surface area contributed by atoms with Gasteiger partial charge >= 0.3 is 0 Å². The summed E-state index contributed by atoms with van der Waals surface area (Å²) in [4.78, 5) is 1.28. The maximum atomic E-state index is 5.92. The Kier molecular flexibility index (Phi) is 6.29. The van der Waals surface area contributed by atoms with E-state index in [9.17, 15) is 0 Å². The zero-order chi connectivity index (χ0) is 18.4. The zero-order valence-corrected chi connectivity index (χ0v) is 16.4. The molecule has 0 spiro atoms. The molecule has 3 rings (SSSR count). The van der Waals surface area contributed by atoms with Crippen molar-refractivity contribution in [3.63, 3.8) is 0 Å². The van der Waals surface area contributed by atoms with Crippen LogP contribution in [0.1, 0.15) is 12.6 Å². The van der Waals surface area contributed by atoms with E-state index in [1.165, 1.54) is 21.8 Å². The highest BCUT2D eigenvalue weighted by molar-refractivity contribution is 7.98. The Labute approximate surface area is 160 Å². The average molecular weight is 368 g/mol. The Morgan fingerprint density at radius 3 is 2.12 bits per heavy atom. The lowest BCUT2D eigenvalue weighted by Crippen LogP contribution is -2.10. The largest absolute Gasteiger partial charge is 0.494 e. The summed E-state index contributed by atoms with van der Waals surface area (Å²) in [5.74, 6) is 1.74. The number of aryl methyl sites for hydroxylation is 1. The number of aromatic nitrogens is 1. The second kappa shape index (κ2) is 8.86. The molecule has 2 aromatic carbocycles. The van der Waals surface area contributed by atoms with Crippen LogP contribution in [0.25, 0.3) is 11.3 Å². The van der Waals surface area contributed by atoms with Crippen molar-refractivity contribution in [2.75, 3.05) is 19.5 Å². The number of hydrogen-bond acceptors (Lipinski definition) is 3. The normalized spacial score (nSPS) is 10.7. The van der Waals surface area contributed by atoms with Gasteiger partial charge in [-0.25, -0.2) is 0 Å². The molecule has 0 saturated carbocycles. The molecule has 3 nitrogen and oxygen atoms in total. The number of ether oxygens (including phenoxy) is 2. The Hall–Kier alpha value is -2.33. The van der Waals surface area contributed by atoms with Crippen molar-refractivity contribution < 1.29 is 9.47 Å². The van der Waals surface area contributed by atoms with Gasteiger partial charge in [0, 0.05) is 16.3 Å². The van der Waals surface area contributed by atoms with Crippen LogP contribution in [0, 0.1) is 6.92 Å². The summed E-state index contributed by atoms with van der Waals surface area (Å²) in [6.07, 6.45) is 2.10. The van der Waals surface area contributed by atoms with Gasteiger partial charge in [-0.1, -0.05) is 12.1 Å². The molecular weight excluding hydrogens is 342 g/mol. The van der Waals surface area contributed by atoms with Crippen LogP contribution in [-0.2, 0) is 6.54 Å². The smallest absolute Gasteiger partial charge is 0.119 e. The van der Waals surface area contributed by atoms with E-state index in [2.05, 4.69) is 54.1 Å². The first-order valence-electron chi connectivity index (χ1n) is 8.87. The van der Waals surface area contributed by atoms with E-state index in [-0.39, 0.29) is 0 Å². The average Bonchev–Trinajstić information content (AvgIpc) is 3.04. The van der Waals surface area contributed by atoms with Crippen LogP contribution in [0.4, 0.5) is 0 Å². The standard InChI is InChI=1S/C22H25NO2S/c1-4-24-19-8-10-20(11-9-19)25-16-15-23-17(2)5-14-22(23)18-6-12-21(26-3)13-7-18/h5-14H,4,15-16H2,1-3H3. The van der Waals surface area contributed by atoms with E-state index in [0.717, 1.165) is 18.0 Å². The van der Waals surface area contributed by atoms with Gasteiger partial charge in [-0.05, 0) is 74.2 Å². The van der Waals surface area contributed by atoms with Gasteiger partial charge in [-0.15, -0.1) is 11.8 Å². The molecule has 0 aliphatic rings. The first kappa shape index (κ1) is 18.5. The first-order chi connectivity index (χ1) is 12.7. The molecule has 0 aliphatic heterocycles. The Balaban J connectivity index is 1.65. The van der Waals surface area contributed by atoms with E-state index in [4.69, 9.17) is 9.47 Å². The number of thioether (sulfide) groups is 1. The Bertz CT molecular complexity index is 822. The van der Waals surface area contributed by atoms with E-state index in [0.29, 0.717) is 13.2 Å². The monoisotopic (exact) mass is 367 g/mol. The van der Waals surface area contributed by atoms with Gasteiger partial charge in [0.2, 0.25) is 0 Å². The van der Waals surface area contributed by atoms with Crippen LogP contribution in [0.15, 0.2) is 65.6 Å². The maximum Gasteiger partial charge on any atom is 0.119 e. The minimum atomic E-state index is 0.624. The van der Waals surface area contributed by atoms with Crippen LogP contribution in [0.5, 0.6) is 11.5 Å². The highest BCUT2D eigenvalue weighted by atomic mass is 32.2. The van der Waals surface area contributed by atoms with E-state index >= 15 is 0 Å². The number of hydrogen-bond donors (Lipinski definition) is 0. The zero-order valence-electron chi connectivity index (χ0n) is 15.6. The van der Waals surface area contributed by atoms with Gasteiger partial charge in [0.25, 0.3) is 0 Å². The lowest BCUT2D eigenvalue weighted by atomic mass is 10.1. The minimum absolute atomic E-state index is 0.624. The molecule has 0 saturated heterocycles. The molecule has 0 bridgehead atoms. The van der Waals surface area contributed by atoms with Gasteiger partial charge in [0.15, 0.2) is 0 Å². The van der Waals surface area contributed by atoms with Crippen molar-refractivity contribution in [3.8, 4) is 22.8 Å². The van der Waals surface area contributed by atoms with Gasteiger partial charge in [0.1, 0.15) is 18.1 Å². The summed E-state index contributed by atoms with van der Waals surface area (Å²) < 4.78 is 13.7. The van der Waals surface area contributed by atoms with E-state index < -0.39 is 0 Å². The third-order valence-electron chi connectivity index (χ3n) is 4.30. The lowest BCUT2D eigenvalue weighted by Gasteiger charge is -2.13. The Morgan fingerprint density at radius 1 is 0.846 bits per heavy atom. The van der Waals surface area contributed by atoms with E-state index in [1.807, 2.05) is 31.2 Å². The third-order valence-corrected chi connectivity index (χ3v) is 5.05. The van der Waals surface area contributed by atoms with Crippen molar-refractivity contribution in [2.24, 2.45) is 0 Å². The molecule has 4 heteroatoms. The molecule has 136 valence electrons.